The number of fused-ring (bicyclic) bond motifs is 1. The topological polar surface area (TPSA) is 121 Å². The molecule has 0 aliphatic carbocycles. The van der Waals surface area contributed by atoms with Gasteiger partial charge in [-0.1, -0.05) is 32.1 Å². The number of aromatic amines is 1. The van der Waals surface area contributed by atoms with Crippen LogP contribution >= 0.6 is 0 Å². The highest BCUT2D eigenvalue weighted by Gasteiger charge is 2.29. The van der Waals surface area contributed by atoms with E-state index in [1.165, 1.54) is 11.6 Å². The summed E-state index contributed by atoms with van der Waals surface area (Å²) in [5.74, 6) is -1.02. The van der Waals surface area contributed by atoms with Crippen molar-refractivity contribution >= 4 is 40.4 Å². The Morgan fingerprint density at radius 1 is 1.17 bits per heavy atom. The second-order valence-electron chi connectivity index (χ2n) is 8.92. The van der Waals surface area contributed by atoms with Crippen molar-refractivity contribution in [3.05, 3.63) is 77.6 Å². The minimum atomic E-state index is -0.628. The smallest absolute Gasteiger partial charge is 0.248 e. The molecule has 8 heteroatoms. The van der Waals surface area contributed by atoms with Crippen LogP contribution in [0.25, 0.3) is 22.7 Å². The molecular formula is C27H29N5O3. The Labute approximate surface area is 203 Å². The summed E-state index contributed by atoms with van der Waals surface area (Å²) in [5.41, 5.74) is 9.54. The van der Waals surface area contributed by atoms with Crippen LogP contribution in [0.1, 0.15) is 41.8 Å². The molecule has 1 atom stereocenters. The number of amides is 3. The highest BCUT2D eigenvalue weighted by molar-refractivity contribution is 5.97. The molecule has 3 heterocycles. The van der Waals surface area contributed by atoms with E-state index in [2.05, 4.69) is 21.4 Å². The molecule has 0 radical (unpaired) electrons. The molecule has 1 aliphatic heterocycles. The molecule has 0 saturated heterocycles. The molecule has 0 saturated carbocycles. The van der Waals surface area contributed by atoms with Gasteiger partial charge in [0.25, 0.3) is 0 Å². The Morgan fingerprint density at radius 2 is 1.94 bits per heavy atom. The molecule has 1 aliphatic rings. The zero-order valence-corrected chi connectivity index (χ0v) is 19.8. The van der Waals surface area contributed by atoms with E-state index < -0.39 is 11.9 Å². The summed E-state index contributed by atoms with van der Waals surface area (Å²) in [6, 6.07) is 9.94. The maximum atomic E-state index is 13.3. The minimum Gasteiger partial charge on any atom is -0.366 e. The van der Waals surface area contributed by atoms with Gasteiger partial charge in [-0.2, -0.15) is 0 Å². The quantitative estimate of drug-likeness (QED) is 0.458. The van der Waals surface area contributed by atoms with Crippen LogP contribution in [0.5, 0.6) is 0 Å². The summed E-state index contributed by atoms with van der Waals surface area (Å²) < 4.78 is 0. The molecule has 4 rings (SSSR count). The first-order valence-corrected chi connectivity index (χ1v) is 11.6. The molecule has 4 N–H and O–H groups in total. The third-order valence-corrected chi connectivity index (χ3v) is 6.17. The van der Waals surface area contributed by atoms with E-state index in [9.17, 15) is 14.4 Å². The average molecular weight is 472 g/mol. The van der Waals surface area contributed by atoms with Gasteiger partial charge in [0.15, 0.2) is 0 Å². The number of nitrogens with zero attached hydrogens (tertiary/aromatic N) is 2. The summed E-state index contributed by atoms with van der Waals surface area (Å²) in [6.07, 6.45) is 9.55. The van der Waals surface area contributed by atoms with Gasteiger partial charge in [0.2, 0.25) is 17.7 Å². The van der Waals surface area contributed by atoms with Crippen molar-refractivity contribution in [2.45, 2.75) is 26.3 Å². The monoisotopic (exact) mass is 471 g/mol. The Bertz CT molecular complexity index is 1300. The maximum Gasteiger partial charge on any atom is 0.248 e. The van der Waals surface area contributed by atoms with Gasteiger partial charge in [-0.15, -0.1) is 0 Å². The molecule has 8 nitrogen and oxygen atoms in total. The van der Waals surface area contributed by atoms with E-state index in [0.717, 1.165) is 28.6 Å². The first kappa shape index (κ1) is 23.9. The number of primary amides is 1. The Hall–Kier alpha value is -4.20. The average Bonchev–Trinajstić information content (AvgIpc) is 3.30. The molecule has 35 heavy (non-hydrogen) atoms. The number of pyridine rings is 1. The van der Waals surface area contributed by atoms with Crippen LogP contribution in [0.4, 0.5) is 0 Å². The van der Waals surface area contributed by atoms with Crippen LogP contribution in [0.2, 0.25) is 0 Å². The van der Waals surface area contributed by atoms with Crippen LogP contribution in [-0.4, -0.2) is 51.7 Å². The number of nitrogens with one attached hydrogen (secondary N) is 2. The van der Waals surface area contributed by atoms with Crippen LogP contribution in [0.15, 0.2) is 60.9 Å². The predicted molar refractivity (Wildman–Crippen MR) is 136 cm³/mol. The molecule has 1 unspecified atom stereocenters. The lowest BCUT2D eigenvalue weighted by atomic mass is 9.97. The van der Waals surface area contributed by atoms with Gasteiger partial charge in [-0.05, 0) is 53.8 Å². The van der Waals surface area contributed by atoms with Crippen molar-refractivity contribution in [3.8, 4) is 0 Å². The lowest BCUT2D eigenvalue weighted by molar-refractivity contribution is -0.136. The minimum absolute atomic E-state index is 0.0697. The van der Waals surface area contributed by atoms with Crippen molar-refractivity contribution in [3.63, 3.8) is 0 Å². The van der Waals surface area contributed by atoms with Gasteiger partial charge < -0.3 is 20.9 Å². The number of H-pyrrole nitrogens is 1. The lowest BCUT2D eigenvalue weighted by Gasteiger charge is -2.31. The predicted octanol–water partition coefficient (Wildman–Crippen LogP) is 3.13. The van der Waals surface area contributed by atoms with Crippen LogP contribution in [-0.2, 0) is 9.59 Å². The van der Waals surface area contributed by atoms with E-state index in [1.54, 1.807) is 41.4 Å². The number of carbonyl (C=O) groups excluding carboxylic acids is 3. The molecule has 2 aromatic heterocycles. The molecule has 1 aromatic carbocycles. The largest absolute Gasteiger partial charge is 0.366 e. The van der Waals surface area contributed by atoms with Crippen LogP contribution in [0, 0.1) is 5.92 Å². The summed E-state index contributed by atoms with van der Waals surface area (Å²) in [4.78, 5) is 46.3. The number of aromatic nitrogens is 2. The van der Waals surface area contributed by atoms with Gasteiger partial charge in [-0.25, -0.2) is 4.98 Å². The van der Waals surface area contributed by atoms with E-state index in [-0.39, 0.29) is 17.7 Å². The lowest BCUT2D eigenvalue weighted by Crippen LogP contribution is -2.51. The second kappa shape index (κ2) is 10.4. The van der Waals surface area contributed by atoms with Crippen LogP contribution < -0.4 is 11.1 Å². The zero-order valence-electron chi connectivity index (χ0n) is 19.8. The van der Waals surface area contributed by atoms with Crippen molar-refractivity contribution in [2.75, 3.05) is 13.1 Å². The standard InChI is InChI=1S/C27H29N5O3/c1-17(2)24(31-23(33)10-7-18-5-8-20(9-6-18)25(28)34)27(35)32-14-11-19(12-15-32)22-16-30-26-21(22)4-3-13-29-26/h3-11,13,16-17,24H,12,14-15H2,1-2H3,(H2,28,34)(H,29,30)(H,31,33)/b10-7+. The Kier molecular flexibility index (Phi) is 7.10. The number of carbonyl (C=O) groups is 3. The van der Waals surface area contributed by atoms with Gasteiger partial charge in [0, 0.05) is 48.1 Å². The van der Waals surface area contributed by atoms with E-state index in [1.807, 2.05) is 32.2 Å². The van der Waals surface area contributed by atoms with Crippen molar-refractivity contribution in [2.24, 2.45) is 11.7 Å². The van der Waals surface area contributed by atoms with Crippen molar-refractivity contribution in [1.82, 2.24) is 20.2 Å². The number of nitrogens with two attached hydrogens (primary N) is 1. The first-order chi connectivity index (χ1) is 16.8. The van der Waals surface area contributed by atoms with E-state index >= 15 is 0 Å². The van der Waals surface area contributed by atoms with Gasteiger partial charge in [-0.3, -0.25) is 14.4 Å². The fraction of sp³-hybridized carbons (Fsp3) is 0.259. The molecule has 0 fully saturated rings. The molecule has 3 amide bonds. The second-order valence-corrected chi connectivity index (χ2v) is 8.92. The molecular weight excluding hydrogens is 442 g/mol. The van der Waals surface area contributed by atoms with Crippen molar-refractivity contribution in [1.29, 1.82) is 0 Å². The maximum absolute atomic E-state index is 13.3. The molecule has 0 bridgehead atoms. The highest BCUT2D eigenvalue weighted by Crippen LogP contribution is 2.28. The molecule has 180 valence electrons. The summed E-state index contributed by atoms with van der Waals surface area (Å²) in [7, 11) is 0. The number of hydrogen-bond acceptors (Lipinski definition) is 4. The van der Waals surface area contributed by atoms with Gasteiger partial charge >= 0.3 is 0 Å². The van der Waals surface area contributed by atoms with Gasteiger partial charge in [0.05, 0.1) is 0 Å². The summed E-state index contributed by atoms with van der Waals surface area (Å²) in [6.45, 7) is 4.90. The van der Waals surface area contributed by atoms with Gasteiger partial charge in [0.1, 0.15) is 11.7 Å². The van der Waals surface area contributed by atoms with Crippen molar-refractivity contribution < 1.29 is 14.4 Å². The number of hydrogen-bond donors (Lipinski definition) is 3. The summed E-state index contributed by atoms with van der Waals surface area (Å²) in [5, 5.41) is 3.92. The normalized spacial score (nSPS) is 14.8. The van der Waals surface area contributed by atoms with E-state index in [4.69, 9.17) is 5.73 Å². The zero-order chi connectivity index (χ0) is 24.9. The summed E-state index contributed by atoms with van der Waals surface area (Å²) >= 11 is 0. The SMILES string of the molecule is CC(C)C(NC(=O)/C=C/c1ccc(C(N)=O)cc1)C(=O)N1CC=C(c2c[nH]c3ncccc23)CC1. The first-order valence-electron chi connectivity index (χ1n) is 11.6. The molecule has 0 spiro atoms. The van der Waals surface area contributed by atoms with E-state index in [0.29, 0.717) is 18.7 Å². The number of rotatable bonds is 7. The Balaban J connectivity index is 1.39. The Morgan fingerprint density at radius 3 is 2.60 bits per heavy atom. The fourth-order valence-corrected chi connectivity index (χ4v) is 4.18. The van der Waals surface area contributed by atoms with Crippen LogP contribution in [0.3, 0.4) is 0 Å². The fourth-order valence-electron chi connectivity index (χ4n) is 4.18. The third kappa shape index (κ3) is 5.48. The highest BCUT2D eigenvalue weighted by atomic mass is 16.2. The molecule has 3 aromatic rings. The number of benzene rings is 1. The third-order valence-electron chi connectivity index (χ3n) is 6.17.